The van der Waals surface area contributed by atoms with Gasteiger partial charge in [0.25, 0.3) is 0 Å². The number of piperidine rings is 3. The highest BCUT2D eigenvalue weighted by molar-refractivity contribution is 5.68. The Morgan fingerprint density at radius 3 is 1.17 bits per heavy atom. The van der Waals surface area contributed by atoms with Crippen molar-refractivity contribution in [3.8, 4) is 17.2 Å². The zero-order valence-corrected chi connectivity index (χ0v) is 53.0. The molecule has 83 heavy (non-hydrogen) atoms. The summed E-state index contributed by atoms with van der Waals surface area (Å²) in [6.07, 6.45) is 18.1. The van der Waals surface area contributed by atoms with E-state index in [1.54, 1.807) is 0 Å². The molecule has 0 unspecified atom stereocenters. The molecular formula is C68H108N8O7. The molecule has 2 amide bonds. The minimum atomic E-state index is -0.462. The number of fused-ring (bicyclic) bond motifs is 12. The number of carbonyl (C=O) groups excluding carboxylic acids is 2. The van der Waals surface area contributed by atoms with E-state index in [-0.39, 0.29) is 28.4 Å². The summed E-state index contributed by atoms with van der Waals surface area (Å²) in [6.45, 7) is 25.8. The summed E-state index contributed by atoms with van der Waals surface area (Å²) in [5.41, 5.74) is 7.40. The fourth-order valence-electron chi connectivity index (χ4n) is 15.5. The Balaban J connectivity index is 0.000000163. The van der Waals surface area contributed by atoms with Gasteiger partial charge in [-0.15, -0.1) is 0 Å². The van der Waals surface area contributed by atoms with Crippen LogP contribution in [0.4, 0.5) is 9.59 Å². The van der Waals surface area contributed by atoms with Gasteiger partial charge in [-0.05, 0) is 248 Å². The number of unbranched alkanes of at least 4 members (excludes halogenated alkanes) is 2. The van der Waals surface area contributed by atoms with Gasteiger partial charge >= 0.3 is 12.2 Å². The van der Waals surface area contributed by atoms with Crippen molar-refractivity contribution in [2.75, 3.05) is 73.5 Å². The van der Waals surface area contributed by atoms with Gasteiger partial charge in [0.15, 0.2) is 0 Å². The largest absolute Gasteiger partial charge is 0.508 e. The van der Waals surface area contributed by atoms with Crippen molar-refractivity contribution in [1.29, 1.82) is 0 Å². The number of rotatable bonds is 16. The van der Waals surface area contributed by atoms with E-state index in [1.165, 1.54) is 71.9 Å². The molecule has 4 fully saturated rings. The van der Waals surface area contributed by atoms with Crippen LogP contribution in [-0.2, 0) is 45.0 Å². The van der Waals surface area contributed by atoms with Crippen LogP contribution < -0.4 is 26.6 Å². The zero-order chi connectivity index (χ0) is 59.9. The smallest absolute Gasteiger partial charge is 0.407 e. The molecule has 1 saturated carbocycles. The number of amides is 2. The quantitative estimate of drug-likeness (QED) is 0.0635. The Kier molecular flexibility index (Phi) is 21.2. The molecule has 0 spiro atoms. The van der Waals surface area contributed by atoms with Gasteiger partial charge in [-0.3, -0.25) is 0 Å². The van der Waals surface area contributed by atoms with Crippen molar-refractivity contribution < 1.29 is 34.4 Å². The Bertz CT molecular complexity index is 2510. The lowest BCUT2D eigenvalue weighted by Gasteiger charge is -2.55. The Hall–Kier alpha value is -4.64. The summed E-state index contributed by atoms with van der Waals surface area (Å²) in [6, 6.07) is 20.5. The average Bonchev–Trinajstić information content (AvgIpc) is 3.54. The predicted octanol–water partition coefficient (Wildman–Crippen LogP) is 10.2. The summed E-state index contributed by atoms with van der Waals surface area (Å²) in [5, 5.41) is 47.4. The molecule has 3 aromatic rings. The van der Waals surface area contributed by atoms with E-state index >= 15 is 0 Å². The highest BCUT2D eigenvalue weighted by Gasteiger charge is 2.52. The van der Waals surface area contributed by atoms with E-state index in [2.05, 4.69) is 101 Å². The van der Waals surface area contributed by atoms with Crippen LogP contribution in [0.5, 0.6) is 17.2 Å². The third kappa shape index (κ3) is 15.9. The third-order valence-corrected chi connectivity index (χ3v) is 20.2. The number of phenols is 3. The Morgan fingerprint density at radius 2 is 0.831 bits per heavy atom. The van der Waals surface area contributed by atoms with Crippen molar-refractivity contribution in [3.63, 3.8) is 0 Å². The van der Waals surface area contributed by atoms with Gasteiger partial charge < -0.3 is 66.1 Å². The van der Waals surface area contributed by atoms with E-state index in [9.17, 15) is 24.9 Å². The molecule has 7 aliphatic rings. The van der Waals surface area contributed by atoms with Gasteiger partial charge in [-0.25, -0.2) is 9.59 Å². The summed E-state index contributed by atoms with van der Waals surface area (Å²) >= 11 is 0. The highest BCUT2D eigenvalue weighted by atomic mass is 16.6. The maximum Gasteiger partial charge on any atom is 0.407 e. The Labute approximate surface area is 499 Å². The molecule has 3 aliphatic heterocycles. The van der Waals surface area contributed by atoms with Crippen LogP contribution in [0.25, 0.3) is 0 Å². The first kappa shape index (κ1) is 64.4. The van der Waals surface area contributed by atoms with Gasteiger partial charge in [0.2, 0.25) is 0 Å². The number of aromatic hydroxyl groups is 3. The lowest BCUT2D eigenvalue weighted by molar-refractivity contribution is 0.0514. The number of benzene rings is 3. The number of nitrogens with zero attached hydrogens (tertiary/aromatic N) is 3. The van der Waals surface area contributed by atoms with Crippen LogP contribution in [0.15, 0.2) is 54.6 Å². The number of likely N-dealkylation sites (tertiary alicyclic amines) is 3. The van der Waals surface area contributed by atoms with Crippen LogP contribution in [0.3, 0.4) is 0 Å². The number of hydrogen-bond donors (Lipinski definition) is 8. The molecule has 0 radical (unpaired) electrons. The number of hydrogen-bond acceptors (Lipinski definition) is 13. The van der Waals surface area contributed by atoms with Gasteiger partial charge in [0, 0.05) is 65.6 Å². The van der Waals surface area contributed by atoms with Crippen LogP contribution in [0.1, 0.15) is 179 Å². The molecule has 3 aromatic carbocycles. The van der Waals surface area contributed by atoms with E-state index in [1.807, 2.05) is 77.9 Å². The molecule has 462 valence electrons. The second kappa shape index (κ2) is 27.4. The van der Waals surface area contributed by atoms with E-state index in [4.69, 9.17) is 9.47 Å². The fourth-order valence-corrected chi connectivity index (χ4v) is 15.5. The zero-order valence-electron chi connectivity index (χ0n) is 53.0. The molecule has 3 heterocycles. The average molecular weight is 1150 g/mol. The van der Waals surface area contributed by atoms with Crippen molar-refractivity contribution in [1.82, 2.24) is 41.3 Å². The summed E-state index contributed by atoms with van der Waals surface area (Å²) in [7, 11) is 6.72. The first-order valence-corrected chi connectivity index (χ1v) is 32.0. The molecule has 15 nitrogen and oxygen atoms in total. The lowest BCUT2D eigenvalue weighted by Crippen LogP contribution is -2.66. The second-order valence-electron chi connectivity index (χ2n) is 28.6. The minimum absolute atomic E-state index is 0.0261. The number of alkyl carbamates (subject to hydrolysis) is 2. The first-order chi connectivity index (χ1) is 39.3. The maximum absolute atomic E-state index is 11.7. The summed E-state index contributed by atoms with van der Waals surface area (Å²) in [5.74, 6) is 2.06. The number of likely N-dealkylation sites (N-methyl/N-ethyl adjacent to an activating group) is 3. The number of phenolic OH excluding ortho intramolecular Hbond substituents is 3. The SMILES string of the molecule is CN1CC[C@]2(C)c3cc(O)ccc3C[C@@H]1[C@@H]2NCCCCNC(=O)OC(C)(C)C.CN1CC[C@]2(C)c3cc(O)ccc3C[C@@H]1[C@H]2NCCC1CCCCC1.CN1CC[C@]2(C)c3cc(O)ccc3C[C@@H]1[C@H]2NCCCCNC(=O)OC(C)(C)C. The normalized spacial score (nSPS) is 28.6. The molecule has 9 atom stereocenters. The molecule has 3 saturated heterocycles. The van der Waals surface area contributed by atoms with Crippen molar-refractivity contribution in [3.05, 3.63) is 88.0 Å². The van der Waals surface area contributed by atoms with Crippen molar-refractivity contribution in [2.24, 2.45) is 5.92 Å². The molecule has 15 heteroatoms. The molecule has 10 rings (SSSR count). The molecule has 8 N–H and O–H groups in total. The molecule has 4 aliphatic carbocycles. The second-order valence-corrected chi connectivity index (χ2v) is 28.6. The van der Waals surface area contributed by atoms with Gasteiger partial charge in [0.1, 0.15) is 28.5 Å². The van der Waals surface area contributed by atoms with Crippen LogP contribution in [-0.4, -0.2) is 163 Å². The van der Waals surface area contributed by atoms with E-state index in [0.717, 1.165) is 109 Å². The summed E-state index contributed by atoms with van der Waals surface area (Å²) < 4.78 is 10.5. The number of ether oxygens (including phenoxy) is 2. The predicted molar refractivity (Wildman–Crippen MR) is 334 cm³/mol. The standard InChI is InChI=1S/2C23H37N3O3.C22H34N2O/c2*1-22(2,3)29-21(28)25-12-7-6-11-24-20-19-14-16-8-9-17(27)15-18(16)23(20,4)10-13-26(19)5;1-22-11-13-24(2)20(14-17-8-9-18(25)15-19(17)22)21(22)23-12-10-16-6-4-3-5-7-16/h2*8-9,15,19-20,24,27H,6-7,10-14H2,1-5H3,(H,25,28);8-9,15-16,20-21,23,25H,3-7,10-14H2,1-2H3/t19-,20+,23-;19-,20-,23-;20-,21-,22-/m111/s1. The van der Waals surface area contributed by atoms with Crippen LogP contribution in [0.2, 0.25) is 0 Å². The third-order valence-electron chi connectivity index (χ3n) is 20.2. The monoisotopic (exact) mass is 1150 g/mol. The summed E-state index contributed by atoms with van der Waals surface area (Å²) in [4.78, 5) is 30.9. The van der Waals surface area contributed by atoms with Crippen LogP contribution in [0, 0.1) is 5.92 Å². The van der Waals surface area contributed by atoms with Crippen molar-refractivity contribution in [2.45, 2.75) is 229 Å². The Morgan fingerprint density at radius 1 is 0.506 bits per heavy atom. The number of nitrogens with one attached hydrogen (secondary N) is 5. The van der Waals surface area contributed by atoms with E-state index < -0.39 is 11.2 Å². The van der Waals surface area contributed by atoms with E-state index in [0.29, 0.717) is 66.6 Å². The maximum atomic E-state index is 11.7. The van der Waals surface area contributed by atoms with Crippen molar-refractivity contribution >= 4 is 12.2 Å². The lowest BCUT2D eigenvalue weighted by atomic mass is 9.61. The van der Waals surface area contributed by atoms with Gasteiger partial charge in [0.05, 0.1) is 0 Å². The highest BCUT2D eigenvalue weighted by Crippen LogP contribution is 2.48. The number of carbonyl (C=O) groups is 2. The minimum Gasteiger partial charge on any atom is -0.508 e. The molecule has 6 bridgehead atoms. The fraction of sp³-hybridized carbons (Fsp3) is 0.706. The first-order valence-electron chi connectivity index (χ1n) is 32.0. The van der Waals surface area contributed by atoms with Crippen LogP contribution >= 0.6 is 0 Å². The topological polar surface area (TPSA) is 183 Å². The molecular weight excluding hydrogens is 1040 g/mol. The molecule has 0 aromatic heterocycles. The van der Waals surface area contributed by atoms with Gasteiger partial charge in [-0.2, -0.15) is 0 Å². The van der Waals surface area contributed by atoms with Gasteiger partial charge in [-0.1, -0.05) is 71.1 Å².